The van der Waals surface area contributed by atoms with Gasteiger partial charge in [0.25, 0.3) is 5.91 Å². The zero-order valence-corrected chi connectivity index (χ0v) is 19.2. The molecule has 0 spiro atoms. The van der Waals surface area contributed by atoms with Crippen LogP contribution in [0, 0.1) is 13.8 Å². The maximum absolute atomic E-state index is 13.1. The molecule has 6 nitrogen and oxygen atoms in total. The maximum Gasteiger partial charge on any atom is 0.261 e. The lowest BCUT2D eigenvalue weighted by molar-refractivity contribution is -0.142. The first-order valence-corrected chi connectivity index (χ1v) is 10.8. The maximum atomic E-state index is 13.1. The van der Waals surface area contributed by atoms with Gasteiger partial charge in [0.05, 0.1) is 7.11 Å². The van der Waals surface area contributed by atoms with Gasteiger partial charge in [-0.15, -0.1) is 0 Å². The number of hydrogen-bond acceptors (Lipinski definition) is 4. The first kappa shape index (κ1) is 24.3. The summed E-state index contributed by atoms with van der Waals surface area (Å²) in [6.07, 6.45) is 1.90. The predicted octanol–water partition coefficient (Wildman–Crippen LogP) is 4.02. The smallest absolute Gasteiger partial charge is 0.261 e. The number of nitrogens with zero attached hydrogens (tertiary/aromatic N) is 1. The molecule has 0 aromatic heterocycles. The van der Waals surface area contributed by atoms with Crippen LogP contribution in [0.3, 0.4) is 0 Å². The van der Waals surface area contributed by atoms with E-state index in [2.05, 4.69) is 12.2 Å². The number of benzene rings is 2. The third-order valence-electron chi connectivity index (χ3n) is 5.20. The summed E-state index contributed by atoms with van der Waals surface area (Å²) in [5.41, 5.74) is 2.94. The second kappa shape index (κ2) is 12.0. The van der Waals surface area contributed by atoms with Crippen LogP contribution in [0.2, 0.25) is 0 Å². The van der Waals surface area contributed by atoms with Gasteiger partial charge in [0.2, 0.25) is 5.91 Å². The van der Waals surface area contributed by atoms with Crippen LogP contribution in [0.25, 0.3) is 0 Å². The Morgan fingerprint density at radius 2 is 1.81 bits per heavy atom. The molecule has 0 aliphatic rings. The standard InChI is InChI=1S/C25H34N2O4/c1-6-7-14-26-25(29)20(4)27(16-21-10-12-22(30-5)13-11-21)24(28)17-31-23-15-18(2)8-9-19(23)3/h8-13,15,20H,6-7,14,16-17H2,1-5H3,(H,26,29). The van der Waals surface area contributed by atoms with Gasteiger partial charge in [-0.2, -0.15) is 0 Å². The van der Waals surface area contributed by atoms with E-state index in [1.165, 1.54) is 0 Å². The zero-order valence-electron chi connectivity index (χ0n) is 19.2. The number of rotatable bonds is 11. The van der Waals surface area contributed by atoms with Crippen molar-refractivity contribution < 1.29 is 19.1 Å². The lowest BCUT2D eigenvalue weighted by atomic mass is 10.1. The minimum Gasteiger partial charge on any atom is -0.497 e. The Hall–Kier alpha value is -3.02. The Kier molecular flexibility index (Phi) is 9.38. The topological polar surface area (TPSA) is 67.9 Å². The van der Waals surface area contributed by atoms with Crippen LogP contribution in [0.1, 0.15) is 43.4 Å². The zero-order chi connectivity index (χ0) is 22.8. The Bertz CT molecular complexity index is 864. The summed E-state index contributed by atoms with van der Waals surface area (Å²) in [6, 6.07) is 12.7. The fourth-order valence-corrected chi connectivity index (χ4v) is 3.13. The number of aryl methyl sites for hydroxylation is 2. The first-order valence-electron chi connectivity index (χ1n) is 10.8. The molecule has 0 bridgehead atoms. The van der Waals surface area contributed by atoms with E-state index < -0.39 is 6.04 Å². The van der Waals surface area contributed by atoms with E-state index in [1.807, 2.05) is 56.3 Å². The van der Waals surface area contributed by atoms with Crippen molar-refractivity contribution in [1.82, 2.24) is 10.2 Å². The lowest BCUT2D eigenvalue weighted by Crippen LogP contribution is -2.49. The molecule has 6 heteroatoms. The molecule has 2 rings (SSSR count). The lowest BCUT2D eigenvalue weighted by Gasteiger charge is -2.29. The van der Waals surface area contributed by atoms with E-state index in [0.29, 0.717) is 18.8 Å². The van der Waals surface area contributed by atoms with Crippen LogP contribution < -0.4 is 14.8 Å². The highest BCUT2D eigenvalue weighted by molar-refractivity contribution is 5.88. The van der Waals surface area contributed by atoms with Gasteiger partial charge in [-0.05, 0) is 62.1 Å². The van der Waals surface area contributed by atoms with Gasteiger partial charge in [0.1, 0.15) is 17.5 Å². The second-order valence-corrected chi connectivity index (χ2v) is 7.75. The fourth-order valence-electron chi connectivity index (χ4n) is 3.13. The Morgan fingerprint density at radius 1 is 1.10 bits per heavy atom. The molecule has 0 heterocycles. The number of nitrogens with one attached hydrogen (secondary N) is 1. The third-order valence-corrected chi connectivity index (χ3v) is 5.20. The van der Waals surface area contributed by atoms with Gasteiger partial charge < -0.3 is 19.7 Å². The van der Waals surface area contributed by atoms with Crippen LogP contribution in [0.15, 0.2) is 42.5 Å². The summed E-state index contributed by atoms with van der Waals surface area (Å²) in [5, 5.41) is 2.92. The molecular weight excluding hydrogens is 392 g/mol. The monoisotopic (exact) mass is 426 g/mol. The summed E-state index contributed by atoms with van der Waals surface area (Å²) < 4.78 is 11.0. The van der Waals surface area contributed by atoms with Crippen LogP contribution in [0.5, 0.6) is 11.5 Å². The number of hydrogen-bond donors (Lipinski definition) is 1. The summed E-state index contributed by atoms with van der Waals surface area (Å²) >= 11 is 0. The van der Waals surface area contributed by atoms with Crippen LogP contribution in [-0.4, -0.2) is 43.0 Å². The molecule has 168 valence electrons. The average Bonchev–Trinajstić information content (AvgIpc) is 2.77. The molecule has 0 fully saturated rings. The molecule has 1 atom stereocenters. The Balaban J connectivity index is 2.14. The van der Waals surface area contributed by atoms with E-state index in [9.17, 15) is 9.59 Å². The van der Waals surface area contributed by atoms with Crippen molar-refractivity contribution in [1.29, 1.82) is 0 Å². The minimum absolute atomic E-state index is 0.132. The van der Waals surface area contributed by atoms with Gasteiger partial charge in [-0.3, -0.25) is 9.59 Å². The van der Waals surface area contributed by atoms with E-state index >= 15 is 0 Å². The highest BCUT2D eigenvalue weighted by atomic mass is 16.5. The van der Waals surface area contributed by atoms with Crippen molar-refractivity contribution in [2.75, 3.05) is 20.3 Å². The molecule has 1 unspecified atom stereocenters. The highest BCUT2D eigenvalue weighted by Crippen LogP contribution is 2.20. The molecule has 0 saturated carbocycles. The third kappa shape index (κ3) is 7.31. The molecule has 2 amide bonds. The van der Waals surface area contributed by atoms with E-state index in [-0.39, 0.29) is 18.4 Å². The molecule has 0 aliphatic heterocycles. The first-order chi connectivity index (χ1) is 14.8. The van der Waals surface area contributed by atoms with Crippen molar-refractivity contribution in [3.63, 3.8) is 0 Å². The summed E-state index contributed by atoms with van der Waals surface area (Å²) in [7, 11) is 1.61. The minimum atomic E-state index is -0.617. The molecular formula is C25H34N2O4. The largest absolute Gasteiger partial charge is 0.497 e. The normalized spacial score (nSPS) is 11.5. The van der Waals surface area contributed by atoms with E-state index in [4.69, 9.17) is 9.47 Å². The van der Waals surface area contributed by atoms with Crippen LogP contribution in [0.4, 0.5) is 0 Å². The highest BCUT2D eigenvalue weighted by Gasteiger charge is 2.26. The molecule has 2 aromatic carbocycles. The Labute approximate surface area is 185 Å². The van der Waals surface area contributed by atoms with Gasteiger partial charge in [0, 0.05) is 13.1 Å². The van der Waals surface area contributed by atoms with Gasteiger partial charge >= 0.3 is 0 Å². The summed E-state index contributed by atoms with van der Waals surface area (Å²) in [6.45, 7) is 8.52. The number of ether oxygens (including phenoxy) is 2. The number of methoxy groups -OCH3 is 1. The summed E-state index contributed by atoms with van der Waals surface area (Å²) in [5.74, 6) is 1.01. The van der Waals surface area contributed by atoms with Crippen molar-refractivity contribution in [2.45, 2.75) is 53.1 Å². The summed E-state index contributed by atoms with van der Waals surface area (Å²) in [4.78, 5) is 27.3. The van der Waals surface area contributed by atoms with Gasteiger partial charge in [-0.1, -0.05) is 37.6 Å². The van der Waals surface area contributed by atoms with E-state index in [1.54, 1.807) is 18.9 Å². The average molecular weight is 427 g/mol. The second-order valence-electron chi connectivity index (χ2n) is 7.75. The van der Waals surface area contributed by atoms with Crippen molar-refractivity contribution in [3.8, 4) is 11.5 Å². The molecule has 0 radical (unpaired) electrons. The number of carbonyl (C=O) groups is 2. The number of amides is 2. The van der Waals surface area contributed by atoms with Crippen molar-refractivity contribution in [2.24, 2.45) is 0 Å². The Morgan fingerprint density at radius 3 is 2.45 bits per heavy atom. The molecule has 0 aliphatic carbocycles. The van der Waals surface area contributed by atoms with Crippen molar-refractivity contribution >= 4 is 11.8 Å². The molecule has 2 aromatic rings. The fraction of sp³-hybridized carbons (Fsp3) is 0.440. The van der Waals surface area contributed by atoms with Crippen molar-refractivity contribution in [3.05, 3.63) is 59.2 Å². The number of carbonyl (C=O) groups excluding carboxylic acids is 2. The van der Waals surface area contributed by atoms with E-state index in [0.717, 1.165) is 35.3 Å². The molecule has 1 N–H and O–H groups in total. The number of unbranched alkanes of at least 4 members (excludes halogenated alkanes) is 1. The van der Waals surface area contributed by atoms with Gasteiger partial charge in [0.15, 0.2) is 6.61 Å². The van der Waals surface area contributed by atoms with Crippen LogP contribution >= 0.6 is 0 Å². The van der Waals surface area contributed by atoms with Crippen LogP contribution in [-0.2, 0) is 16.1 Å². The molecule has 0 saturated heterocycles. The quantitative estimate of drug-likeness (QED) is 0.551. The SMILES string of the molecule is CCCCNC(=O)C(C)N(Cc1ccc(OC)cc1)C(=O)COc1cc(C)ccc1C. The molecule has 31 heavy (non-hydrogen) atoms. The predicted molar refractivity (Wildman–Crippen MR) is 122 cm³/mol. The van der Waals surface area contributed by atoms with Gasteiger partial charge in [-0.25, -0.2) is 0 Å².